The van der Waals surface area contributed by atoms with Gasteiger partial charge in [-0.1, -0.05) is 25.4 Å². The maximum Gasteiger partial charge on any atom is 0.230 e. The number of nitrogens with zero attached hydrogens (tertiary/aromatic N) is 6. The molecule has 25 heavy (non-hydrogen) atoms. The lowest BCUT2D eigenvalue weighted by Gasteiger charge is -2.34. The number of aromatic nitrogens is 3. The van der Waals surface area contributed by atoms with E-state index in [2.05, 4.69) is 39.7 Å². The van der Waals surface area contributed by atoms with Crippen LogP contribution in [-0.2, 0) is 6.54 Å². The fraction of sp³-hybridized carbons (Fsp3) is 0.588. The molecule has 0 N–H and O–H groups in total. The molecular weight excluding hydrogens is 356 g/mol. The van der Waals surface area contributed by atoms with Crippen molar-refractivity contribution in [3.05, 3.63) is 27.2 Å². The summed E-state index contributed by atoms with van der Waals surface area (Å²) in [6.45, 7) is 9.03. The molecule has 1 aliphatic heterocycles. The van der Waals surface area contributed by atoms with E-state index in [-0.39, 0.29) is 5.92 Å². The van der Waals surface area contributed by atoms with Crippen LogP contribution >= 0.6 is 22.9 Å². The number of hydrogen-bond donors (Lipinski definition) is 0. The van der Waals surface area contributed by atoms with E-state index in [1.165, 1.54) is 4.88 Å². The monoisotopic (exact) mass is 380 g/mol. The van der Waals surface area contributed by atoms with Gasteiger partial charge in [-0.05, 0) is 12.1 Å². The Labute approximate surface area is 158 Å². The van der Waals surface area contributed by atoms with Gasteiger partial charge in [-0.15, -0.1) is 11.3 Å². The van der Waals surface area contributed by atoms with Crippen molar-refractivity contribution in [2.45, 2.75) is 26.3 Å². The molecule has 1 aliphatic rings. The van der Waals surface area contributed by atoms with Gasteiger partial charge in [0.1, 0.15) is 5.82 Å². The number of piperazine rings is 1. The van der Waals surface area contributed by atoms with Crippen LogP contribution in [-0.4, -0.2) is 60.1 Å². The molecule has 0 aliphatic carbocycles. The summed E-state index contributed by atoms with van der Waals surface area (Å²) < 4.78 is 0.858. The number of hydrogen-bond acceptors (Lipinski definition) is 7. The van der Waals surface area contributed by atoms with Crippen molar-refractivity contribution in [3.63, 3.8) is 0 Å². The smallest absolute Gasteiger partial charge is 0.230 e. The van der Waals surface area contributed by atoms with Gasteiger partial charge in [-0.2, -0.15) is 15.0 Å². The van der Waals surface area contributed by atoms with Crippen LogP contribution in [0.15, 0.2) is 12.1 Å². The Balaban J connectivity index is 1.67. The largest absolute Gasteiger partial charge is 0.347 e. The molecule has 0 atom stereocenters. The third-order valence-electron chi connectivity index (χ3n) is 4.21. The zero-order chi connectivity index (χ0) is 18.0. The molecule has 3 rings (SSSR count). The van der Waals surface area contributed by atoms with Crippen molar-refractivity contribution < 1.29 is 0 Å². The molecule has 1 saturated heterocycles. The third-order valence-corrected chi connectivity index (χ3v) is 5.42. The first-order valence-corrected chi connectivity index (χ1v) is 9.76. The maximum absolute atomic E-state index is 6.03. The molecular formula is C17H25ClN6S. The second-order valence-electron chi connectivity index (χ2n) is 6.81. The van der Waals surface area contributed by atoms with E-state index in [1.807, 2.05) is 25.1 Å². The highest BCUT2D eigenvalue weighted by molar-refractivity contribution is 7.16. The second kappa shape index (κ2) is 7.85. The molecule has 0 radical (unpaired) electrons. The highest BCUT2D eigenvalue weighted by atomic mass is 35.5. The zero-order valence-corrected chi connectivity index (χ0v) is 16.8. The minimum absolute atomic E-state index is 0.283. The molecule has 0 bridgehead atoms. The summed E-state index contributed by atoms with van der Waals surface area (Å²) in [5.74, 6) is 2.65. The summed E-state index contributed by atoms with van der Waals surface area (Å²) >= 11 is 7.69. The van der Waals surface area contributed by atoms with Gasteiger partial charge >= 0.3 is 0 Å². The minimum Gasteiger partial charge on any atom is -0.347 e. The third kappa shape index (κ3) is 4.59. The Morgan fingerprint density at radius 3 is 2.40 bits per heavy atom. The van der Waals surface area contributed by atoms with E-state index in [0.29, 0.717) is 0 Å². The van der Waals surface area contributed by atoms with Gasteiger partial charge in [-0.25, -0.2) is 0 Å². The summed E-state index contributed by atoms with van der Waals surface area (Å²) in [6.07, 6.45) is 0. The minimum atomic E-state index is 0.283. The molecule has 0 amide bonds. The van der Waals surface area contributed by atoms with Gasteiger partial charge in [0.25, 0.3) is 0 Å². The van der Waals surface area contributed by atoms with Crippen LogP contribution in [0, 0.1) is 0 Å². The van der Waals surface area contributed by atoms with E-state index >= 15 is 0 Å². The van der Waals surface area contributed by atoms with Crippen molar-refractivity contribution in [1.82, 2.24) is 19.9 Å². The predicted octanol–water partition coefficient (Wildman–Crippen LogP) is 3.10. The number of thiophene rings is 1. The first-order chi connectivity index (χ1) is 11.9. The van der Waals surface area contributed by atoms with Gasteiger partial charge in [0, 0.05) is 57.6 Å². The highest BCUT2D eigenvalue weighted by Crippen LogP contribution is 2.24. The Morgan fingerprint density at radius 1 is 1.12 bits per heavy atom. The molecule has 0 saturated carbocycles. The van der Waals surface area contributed by atoms with Crippen molar-refractivity contribution in [2.24, 2.45) is 0 Å². The standard InChI is InChI=1S/C17H25ClN6S/c1-12(2)15-19-16(22(3)4)21-17(20-15)24-9-7-23(8-10-24)11-13-5-6-14(18)25-13/h5-6,12H,7-11H2,1-4H3. The van der Waals surface area contributed by atoms with Gasteiger partial charge in [0.2, 0.25) is 11.9 Å². The van der Waals surface area contributed by atoms with Crippen molar-refractivity contribution in [1.29, 1.82) is 0 Å². The van der Waals surface area contributed by atoms with E-state index in [1.54, 1.807) is 11.3 Å². The van der Waals surface area contributed by atoms with Crippen LogP contribution in [0.3, 0.4) is 0 Å². The Morgan fingerprint density at radius 2 is 1.84 bits per heavy atom. The van der Waals surface area contributed by atoms with Gasteiger partial charge in [-0.3, -0.25) is 4.90 Å². The summed E-state index contributed by atoms with van der Waals surface area (Å²) in [4.78, 5) is 21.9. The maximum atomic E-state index is 6.03. The van der Waals surface area contributed by atoms with E-state index < -0.39 is 0 Å². The molecule has 2 aromatic rings. The number of halogens is 1. The average molecular weight is 381 g/mol. The molecule has 0 unspecified atom stereocenters. The van der Waals surface area contributed by atoms with Crippen LogP contribution in [0.25, 0.3) is 0 Å². The lowest BCUT2D eigenvalue weighted by Crippen LogP contribution is -2.46. The topological polar surface area (TPSA) is 48.4 Å². The van der Waals surface area contributed by atoms with Crippen LogP contribution < -0.4 is 9.80 Å². The second-order valence-corrected chi connectivity index (χ2v) is 8.61. The summed E-state index contributed by atoms with van der Waals surface area (Å²) in [7, 11) is 3.93. The molecule has 1 fully saturated rings. The van der Waals surface area contributed by atoms with Crippen LogP contribution in [0.4, 0.5) is 11.9 Å². The Hall–Kier alpha value is -1.44. The van der Waals surface area contributed by atoms with Crippen molar-refractivity contribution in [3.8, 4) is 0 Å². The van der Waals surface area contributed by atoms with Gasteiger partial charge in [0.15, 0.2) is 0 Å². The highest BCUT2D eigenvalue weighted by Gasteiger charge is 2.21. The van der Waals surface area contributed by atoms with Crippen LogP contribution in [0.2, 0.25) is 4.34 Å². The summed E-state index contributed by atoms with van der Waals surface area (Å²) in [5, 5.41) is 0. The molecule has 0 spiro atoms. The SMILES string of the molecule is CC(C)c1nc(N(C)C)nc(N2CCN(Cc3ccc(Cl)s3)CC2)n1. The van der Waals surface area contributed by atoms with E-state index in [0.717, 1.165) is 54.8 Å². The quantitative estimate of drug-likeness (QED) is 0.794. The van der Waals surface area contributed by atoms with Crippen molar-refractivity contribution in [2.75, 3.05) is 50.1 Å². The first kappa shape index (κ1) is 18.4. The summed E-state index contributed by atoms with van der Waals surface area (Å²) in [6, 6.07) is 4.09. The lowest BCUT2D eigenvalue weighted by atomic mass is 10.2. The molecule has 6 nitrogen and oxygen atoms in total. The Kier molecular flexibility index (Phi) is 5.76. The van der Waals surface area contributed by atoms with Crippen LogP contribution in [0.1, 0.15) is 30.5 Å². The lowest BCUT2D eigenvalue weighted by molar-refractivity contribution is 0.250. The van der Waals surface area contributed by atoms with E-state index in [9.17, 15) is 0 Å². The molecule has 136 valence electrons. The molecule has 3 heterocycles. The van der Waals surface area contributed by atoms with E-state index in [4.69, 9.17) is 16.6 Å². The Bertz CT molecular complexity index is 683. The number of rotatable bonds is 5. The zero-order valence-electron chi connectivity index (χ0n) is 15.2. The van der Waals surface area contributed by atoms with Crippen molar-refractivity contribution >= 4 is 34.8 Å². The molecule has 8 heteroatoms. The predicted molar refractivity (Wildman–Crippen MR) is 105 cm³/mol. The fourth-order valence-corrected chi connectivity index (χ4v) is 3.86. The van der Waals surface area contributed by atoms with Gasteiger partial charge in [0.05, 0.1) is 4.34 Å². The van der Waals surface area contributed by atoms with Gasteiger partial charge < -0.3 is 9.80 Å². The number of anilines is 2. The normalized spacial score (nSPS) is 15.8. The summed E-state index contributed by atoms with van der Waals surface area (Å²) in [5.41, 5.74) is 0. The van der Waals surface area contributed by atoms with Crippen LogP contribution in [0.5, 0.6) is 0 Å². The average Bonchev–Trinajstić information content (AvgIpc) is 3.00. The fourth-order valence-electron chi connectivity index (χ4n) is 2.73. The first-order valence-electron chi connectivity index (χ1n) is 8.57. The molecule has 0 aromatic carbocycles. The molecule has 2 aromatic heterocycles.